The molecular formula is C10H18N4O2S. The lowest BCUT2D eigenvalue weighted by Gasteiger charge is -2.27. The number of nitrogens with one attached hydrogen (secondary N) is 1. The molecule has 2 heterocycles. The van der Waals surface area contributed by atoms with E-state index in [2.05, 4.69) is 10.2 Å². The van der Waals surface area contributed by atoms with Gasteiger partial charge in [-0.3, -0.25) is 5.10 Å². The molecule has 96 valence electrons. The number of nitrogens with two attached hydrogens (primary N) is 1. The molecule has 0 bridgehead atoms. The van der Waals surface area contributed by atoms with Gasteiger partial charge in [0.25, 0.3) is 0 Å². The first-order valence-electron chi connectivity index (χ1n) is 5.87. The van der Waals surface area contributed by atoms with Crippen LogP contribution in [0.3, 0.4) is 0 Å². The molecular weight excluding hydrogens is 240 g/mol. The van der Waals surface area contributed by atoms with Gasteiger partial charge in [0.15, 0.2) is 0 Å². The third kappa shape index (κ3) is 2.51. The fourth-order valence-corrected chi connectivity index (χ4v) is 3.83. The van der Waals surface area contributed by atoms with E-state index in [1.165, 1.54) is 16.7 Å². The van der Waals surface area contributed by atoms with Crippen LogP contribution in [0.5, 0.6) is 0 Å². The largest absolute Gasteiger partial charge is 0.329 e. The molecule has 1 fully saturated rings. The second-order valence-electron chi connectivity index (χ2n) is 4.29. The third-order valence-electron chi connectivity index (χ3n) is 3.17. The summed E-state index contributed by atoms with van der Waals surface area (Å²) in [7, 11) is -3.44. The number of aromatic amines is 1. The Morgan fingerprint density at radius 3 is 2.94 bits per heavy atom. The summed E-state index contributed by atoms with van der Waals surface area (Å²) in [5, 5.41) is 6.23. The van der Waals surface area contributed by atoms with E-state index in [0.29, 0.717) is 13.1 Å². The van der Waals surface area contributed by atoms with Crippen molar-refractivity contribution in [1.82, 2.24) is 14.5 Å². The quantitative estimate of drug-likeness (QED) is 0.815. The van der Waals surface area contributed by atoms with Crippen molar-refractivity contribution in [3.8, 4) is 0 Å². The van der Waals surface area contributed by atoms with Crippen molar-refractivity contribution < 1.29 is 8.42 Å². The van der Waals surface area contributed by atoms with Crippen LogP contribution in [0, 0.1) is 0 Å². The normalized spacial score (nSPS) is 23.5. The molecule has 17 heavy (non-hydrogen) atoms. The number of sulfonamides is 1. The molecule has 1 atom stereocenters. The van der Waals surface area contributed by atoms with Gasteiger partial charge in [0.1, 0.15) is 4.90 Å². The van der Waals surface area contributed by atoms with Gasteiger partial charge in [-0.25, -0.2) is 8.42 Å². The molecule has 2 rings (SSSR count). The number of hydrogen-bond acceptors (Lipinski definition) is 4. The Hall–Kier alpha value is -0.920. The Kier molecular flexibility index (Phi) is 3.80. The van der Waals surface area contributed by atoms with Crippen molar-refractivity contribution in [2.45, 2.75) is 36.6 Å². The summed E-state index contributed by atoms with van der Waals surface area (Å²) in [6, 6.07) is -0.0857. The molecule has 1 unspecified atom stereocenters. The lowest BCUT2D eigenvalue weighted by molar-refractivity contribution is 0.328. The molecule has 1 aromatic heterocycles. The Balaban J connectivity index is 2.29. The highest BCUT2D eigenvalue weighted by atomic mass is 32.2. The first-order chi connectivity index (χ1) is 8.16. The zero-order chi connectivity index (χ0) is 12.3. The minimum atomic E-state index is -3.44. The lowest BCUT2D eigenvalue weighted by atomic mass is 10.1. The number of rotatable bonds is 3. The fourth-order valence-electron chi connectivity index (χ4n) is 2.22. The van der Waals surface area contributed by atoms with Gasteiger partial charge in [-0.2, -0.15) is 9.40 Å². The predicted molar refractivity (Wildman–Crippen MR) is 63.8 cm³/mol. The van der Waals surface area contributed by atoms with Crippen LogP contribution >= 0.6 is 0 Å². The third-order valence-corrected chi connectivity index (χ3v) is 5.09. The van der Waals surface area contributed by atoms with Crippen LogP contribution in [0.4, 0.5) is 0 Å². The van der Waals surface area contributed by atoms with Gasteiger partial charge in [0.05, 0.1) is 6.20 Å². The first kappa shape index (κ1) is 12.5. The summed E-state index contributed by atoms with van der Waals surface area (Å²) in [4.78, 5) is 0.220. The highest BCUT2D eigenvalue weighted by Gasteiger charge is 2.32. The van der Waals surface area contributed by atoms with E-state index in [1.807, 2.05) is 0 Å². The topological polar surface area (TPSA) is 92.1 Å². The number of nitrogens with zero attached hydrogens (tertiary/aromatic N) is 2. The molecule has 1 aliphatic rings. The molecule has 0 radical (unpaired) electrons. The van der Waals surface area contributed by atoms with Crippen LogP contribution < -0.4 is 5.73 Å². The van der Waals surface area contributed by atoms with Gasteiger partial charge in [-0.15, -0.1) is 0 Å². The number of hydrogen-bond donors (Lipinski definition) is 2. The smallest absolute Gasteiger partial charge is 0.246 e. The summed E-state index contributed by atoms with van der Waals surface area (Å²) < 4.78 is 26.3. The molecule has 0 aromatic carbocycles. The van der Waals surface area contributed by atoms with Crippen molar-refractivity contribution in [3.63, 3.8) is 0 Å². The lowest BCUT2D eigenvalue weighted by Crippen LogP contribution is -2.43. The van der Waals surface area contributed by atoms with Gasteiger partial charge >= 0.3 is 0 Å². The maximum Gasteiger partial charge on any atom is 0.246 e. The molecule has 1 aromatic rings. The molecule has 0 spiro atoms. The molecule has 3 N–H and O–H groups in total. The average molecular weight is 258 g/mol. The van der Waals surface area contributed by atoms with E-state index >= 15 is 0 Å². The fraction of sp³-hybridized carbons (Fsp3) is 0.700. The Labute approximate surface area is 101 Å². The zero-order valence-corrected chi connectivity index (χ0v) is 10.5. The van der Waals surface area contributed by atoms with E-state index in [9.17, 15) is 8.42 Å². The van der Waals surface area contributed by atoms with E-state index in [-0.39, 0.29) is 10.9 Å². The van der Waals surface area contributed by atoms with Crippen LogP contribution in [-0.4, -0.2) is 42.1 Å². The van der Waals surface area contributed by atoms with Crippen molar-refractivity contribution in [1.29, 1.82) is 0 Å². The number of H-pyrrole nitrogens is 1. The predicted octanol–water partition coefficient (Wildman–Crippen LogP) is 0.302. The summed E-state index contributed by atoms with van der Waals surface area (Å²) in [6.45, 7) is 0.923. The SMILES string of the molecule is NCC1CCCCCN1S(=O)(=O)c1cn[nH]c1. The van der Waals surface area contributed by atoms with Crippen molar-refractivity contribution in [3.05, 3.63) is 12.4 Å². The monoisotopic (exact) mass is 258 g/mol. The van der Waals surface area contributed by atoms with Crippen LogP contribution in [-0.2, 0) is 10.0 Å². The van der Waals surface area contributed by atoms with E-state index in [4.69, 9.17) is 5.73 Å². The standard InChI is InChI=1S/C10H18N4O2S/c11-6-9-4-2-1-3-5-14(9)17(15,16)10-7-12-13-8-10/h7-9H,1-6,11H2,(H,12,13). The van der Waals surface area contributed by atoms with Gasteiger partial charge in [-0.05, 0) is 12.8 Å². The van der Waals surface area contributed by atoms with Gasteiger partial charge in [0.2, 0.25) is 10.0 Å². The molecule has 7 heteroatoms. The van der Waals surface area contributed by atoms with Gasteiger partial charge < -0.3 is 5.73 Å². The maximum atomic E-state index is 12.4. The summed E-state index contributed by atoms with van der Waals surface area (Å²) in [5.74, 6) is 0. The highest BCUT2D eigenvalue weighted by molar-refractivity contribution is 7.89. The Morgan fingerprint density at radius 2 is 2.29 bits per heavy atom. The van der Waals surface area contributed by atoms with Crippen LogP contribution in [0.2, 0.25) is 0 Å². The maximum absolute atomic E-state index is 12.4. The Bertz CT molecular complexity index is 443. The Morgan fingerprint density at radius 1 is 1.47 bits per heavy atom. The van der Waals surface area contributed by atoms with Crippen LogP contribution in [0.1, 0.15) is 25.7 Å². The van der Waals surface area contributed by atoms with Gasteiger partial charge in [-0.1, -0.05) is 12.8 Å². The van der Waals surface area contributed by atoms with Crippen LogP contribution in [0.15, 0.2) is 17.3 Å². The minimum Gasteiger partial charge on any atom is -0.329 e. The molecule has 0 aliphatic carbocycles. The molecule has 6 nitrogen and oxygen atoms in total. The number of aromatic nitrogens is 2. The molecule has 1 saturated heterocycles. The molecule has 1 aliphatic heterocycles. The minimum absolute atomic E-state index is 0.0857. The van der Waals surface area contributed by atoms with Crippen molar-refractivity contribution >= 4 is 10.0 Å². The van der Waals surface area contributed by atoms with E-state index in [1.54, 1.807) is 0 Å². The highest BCUT2D eigenvalue weighted by Crippen LogP contribution is 2.23. The van der Waals surface area contributed by atoms with E-state index in [0.717, 1.165) is 25.7 Å². The summed E-state index contributed by atoms with van der Waals surface area (Å²) in [5.41, 5.74) is 5.68. The van der Waals surface area contributed by atoms with Crippen molar-refractivity contribution in [2.24, 2.45) is 5.73 Å². The summed E-state index contributed by atoms with van der Waals surface area (Å²) >= 11 is 0. The summed E-state index contributed by atoms with van der Waals surface area (Å²) in [6.07, 6.45) is 6.59. The van der Waals surface area contributed by atoms with Crippen LogP contribution in [0.25, 0.3) is 0 Å². The first-order valence-corrected chi connectivity index (χ1v) is 7.31. The van der Waals surface area contributed by atoms with Gasteiger partial charge in [0, 0.05) is 25.3 Å². The second kappa shape index (κ2) is 5.16. The van der Waals surface area contributed by atoms with Crippen molar-refractivity contribution in [2.75, 3.05) is 13.1 Å². The molecule has 0 saturated carbocycles. The zero-order valence-electron chi connectivity index (χ0n) is 9.67. The average Bonchev–Trinajstić information content (AvgIpc) is 2.74. The second-order valence-corrected chi connectivity index (χ2v) is 6.18. The van der Waals surface area contributed by atoms with E-state index < -0.39 is 10.0 Å². The molecule has 0 amide bonds.